The molecule has 11 heteroatoms. The summed E-state index contributed by atoms with van der Waals surface area (Å²) in [6.07, 6.45) is 0.877. The average molecular weight is 575 g/mol. The number of carbonyl (C=O) groups is 2. The van der Waals surface area contributed by atoms with Crippen LogP contribution in [0.4, 0.5) is 5.69 Å². The highest BCUT2D eigenvalue weighted by molar-refractivity contribution is 6.00. The summed E-state index contributed by atoms with van der Waals surface area (Å²) < 4.78 is 18.1. The summed E-state index contributed by atoms with van der Waals surface area (Å²) >= 11 is 0. The standard InChI is InChI=1S/C31H34N4O7/c1-17(2)41-30(36)26-19(5)32-20(6)27(31(37)42-18(3)4)28(26)23-16-34(22-11-9-8-10-12-22)33-29(23)21-13-14-25(40-7)24(15-21)35(38)39/h8-18,28,32H,1-7H3. The number of nitrogens with zero attached hydrogens (tertiary/aromatic N) is 3. The smallest absolute Gasteiger partial charge is 0.337 e. The Kier molecular flexibility index (Phi) is 8.79. The van der Waals surface area contributed by atoms with E-state index in [1.54, 1.807) is 58.5 Å². The molecule has 0 fully saturated rings. The molecule has 4 rings (SSSR count). The van der Waals surface area contributed by atoms with Crippen LogP contribution in [0.5, 0.6) is 5.75 Å². The maximum Gasteiger partial charge on any atom is 0.337 e. The average Bonchev–Trinajstić information content (AvgIpc) is 3.37. The summed E-state index contributed by atoms with van der Waals surface area (Å²) in [7, 11) is 1.35. The topological polar surface area (TPSA) is 135 Å². The van der Waals surface area contributed by atoms with Gasteiger partial charge in [-0.15, -0.1) is 0 Å². The number of para-hydroxylation sites is 1. The Hall–Kier alpha value is -4.93. The molecule has 3 aromatic rings. The number of ether oxygens (including phenoxy) is 3. The van der Waals surface area contributed by atoms with Gasteiger partial charge in [0.1, 0.15) is 0 Å². The second-order valence-corrected chi connectivity index (χ2v) is 10.4. The van der Waals surface area contributed by atoms with E-state index >= 15 is 0 Å². The first kappa shape index (κ1) is 30.0. The molecule has 2 heterocycles. The number of benzene rings is 2. The minimum absolute atomic E-state index is 0.0866. The Morgan fingerprint density at radius 3 is 2.02 bits per heavy atom. The Balaban J connectivity index is 2.05. The number of dihydropyridines is 1. The molecule has 0 aliphatic carbocycles. The highest BCUT2D eigenvalue weighted by Gasteiger charge is 2.41. The van der Waals surface area contributed by atoms with Crippen LogP contribution in [-0.2, 0) is 19.1 Å². The molecule has 42 heavy (non-hydrogen) atoms. The molecule has 0 saturated carbocycles. The first-order chi connectivity index (χ1) is 19.9. The van der Waals surface area contributed by atoms with Crippen LogP contribution in [0, 0.1) is 10.1 Å². The monoisotopic (exact) mass is 574 g/mol. The van der Waals surface area contributed by atoms with Crippen molar-refractivity contribution in [3.05, 3.63) is 92.9 Å². The Morgan fingerprint density at radius 1 is 0.952 bits per heavy atom. The first-order valence-corrected chi connectivity index (χ1v) is 13.5. The maximum absolute atomic E-state index is 13.6. The van der Waals surface area contributed by atoms with Crippen molar-refractivity contribution in [2.75, 3.05) is 7.11 Å². The van der Waals surface area contributed by atoms with Crippen LogP contribution in [0.2, 0.25) is 0 Å². The molecule has 0 bridgehead atoms. The predicted octanol–water partition coefficient (Wildman–Crippen LogP) is 5.59. The quantitative estimate of drug-likeness (QED) is 0.197. The zero-order valence-corrected chi connectivity index (χ0v) is 24.6. The molecule has 1 aliphatic rings. The number of methoxy groups -OCH3 is 1. The summed E-state index contributed by atoms with van der Waals surface area (Å²) in [5, 5.41) is 19.9. The van der Waals surface area contributed by atoms with Gasteiger partial charge in [0.25, 0.3) is 0 Å². The third-order valence-corrected chi connectivity index (χ3v) is 6.61. The Morgan fingerprint density at radius 2 is 1.52 bits per heavy atom. The van der Waals surface area contributed by atoms with E-state index in [1.165, 1.54) is 19.2 Å². The number of hydrogen-bond donors (Lipinski definition) is 1. The van der Waals surface area contributed by atoms with Crippen molar-refractivity contribution in [2.24, 2.45) is 0 Å². The summed E-state index contributed by atoms with van der Waals surface area (Å²) in [6, 6.07) is 13.8. The lowest BCUT2D eigenvalue weighted by molar-refractivity contribution is -0.385. The number of allylic oxidation sites excluding steroid dienone is 2. The van der Waals surface area contributed by atoms with E-state index in [0.717, 1.165) is 0 Å². The number of carbonyl (C=O) groups excluding carboxylic acids is 2. The highest BCUT2D eigenvalue weighted by Crippen LogP contribution is 2.44. The lowest BCUT2D eigenvalue weighted by Crippen LogP contribution is -2.33. The Bertz CT molecular complexity index is 1540. The van der Waals surface area contributed by atoms with Gasteiger partial charge >= 0.3 is 17.6 Å². The molecular weight excluding hydrogens is 540 g/mol. The van der Waals surface area contributed by atoms with E-state index in [-0.39, 0.29) is 22.6 Å². The van der Waals surface area contributed by atoms with E-state index in [0.29, 0.717) is 33.9 Å². The Labute approximate surface area is 243 Å². The fourth-order valence-corrected chi connectivity index (χ4v) is 4.92. The van der Waals surface area contributed by atoms with Gasteiger partial charge in [-0.2, -0.15) is 5.10 Å². The second kappa shape index (κ2) is 12.3. The minimum Gasteiger partial charge on any atom is -0.490 e. The largest absolute Gasteiger partial charge is 0.490 e. The van der Waals surface area contributed by atoms with Crippen LogP contribution in [0.25, 0.3) is 16.9 Å². The van der Waals surface area contributed by atoms with Crippen molar-refractivity contribution >= 4 is 17.6 Å². The normalized spacial score (nSPS) is 13.8. The van der Waals surface area contributed by atoms with Crippen LogP contribution in [0.1, 0.15) is 53.0 Å². The third kappa shape index (κ3) is 6.04. The molecular formula is C31H34N4O7. The van der Waals surface area contributed by atoms with Crippen molar-refractivity contribution in [1.29, 1.82) is 0 Å². The first-order valence-electron chi connectivity index (χ1n) is 13.5. The molecule has 0 radical (unpaired) electrons. The summed E-state index contributed by atoms with van der Waals surface area (Å²) in [5.74, 6) is -2.09. The summed E-state index contributed by atoms with van der Waals surface area (Å²) in [4.78, 5) is 38.6. The van der Waals surface area contributed by atoms with Gasteiger partial charge in [-0.05, 0) is 65.8 Å². The molecule has 0 spiro atoms. The third-order valence-electron chi connectivity index (χ3n) is 6.61. The van der Waals surface area contributed by atoms with E-state index in [2.05, 4.69) is 5.32 Å². The van der Waals surface area contributed by atoms with Gasteiger partial charge in [0.2, 0.25) is 0 Å². The highest BCUT2D eigenvalue weighted by atomic mass is 16.6. The fraction of sp³-hybridized carbons (Fsp3) is 0.323. The fourth-order valence-electron chi connectivity index (χ4n) is 4.92. The van der Waals surface area contributed by atoms with Crippen molar-refractivity contribution in [1.82, 2.24) is 15.1 Å². The van der Waals surface area contributed by atoms with Gasteiger partial charge in [-0.25, -0.2) is 14.3 Å². The van der Waals surface area contributed by atoms with E-state index in [9.17, 15) is 19.7 Å². The maximum atomic E-state index is 13.6. The van der Waals surface area contributed by atoms with E-state index in [1.807, 2.05) is 30.3 Å². The summed E-state index contributed by atoms with van der Waals surface area (Å²) in [6.45, 7) is 10.4. The summed E-state index contributed by atoms with van der Waals surface area (Å²) in [5.41, 5.74) is 3.08. The number of hydrogen-bond acceptors (Lipinski definition) is 9. The van der Waals surface area contributed by atoms with Gasteiger partial charge in [-0.3, -0.25) is 10.1 Å². The van der Waals surface area contributed by atoms with Gasteiger partial charge < -0.3 is 19.5 Å². The molecule has 1 aromatic heterocycles. The van der Waals surface area contributed by atoms with Crippen molar-refractivity contribution in [2.45, 2.75) is 59.7 Å². The van der Waals surface area contributed by atoms with Crippen LogP contribution in [0.15, 0.2) is 77.3 Å². The molecule has 0 saturated heterocycles. The molecule has 0 unspecified atom stereocenters. The number of nitro benzene ring substituents is 1. The van der Waals surface area contributed by atoms with Crippen LogP contribution < -0.4 is 10.1 Å². The van der Waals surface area contributed by atoms with Gasteiger partial charge in [-0.1, -0.05) is 18.2 Å². The minimum atomic E-state index is -0.961. The molecule has 11 nitrogen and oxygen atoms in total. The number of aromatic nitrogens is 2. The van der Waals surface area contributed by atoms with Crippen LogP contribution >= 0.6 is 0 Å². The molecule has 1 aliphatic heterocycles. The molecule has 1 N–H and O–H groups in total. The van der Waals surface area contributed by atoms with E-state index in [4.69, 9.17) is 19.3 Å². The van der Waals surface area contributed by atoms with Crippen molar-refractivity contribution in [3.8, 4) is 22.7 Å². The van der Waals surface area contributed by atoms with Gasteiger partial charge in [0.05, 0.1) is 52.7 Å². The van der Waals surface area contributed by atoms with Crippen molar-refractivity contribution in [3.63, 3.8) is 0 Å². The SMILES string of the molecule is COc1ccc(-c2nn(-c3ccccc3)cc2C2C(C(=O)OC(C)C)=C(C)NC(C)=C2C(=O)OC(C)C)cc1[N+](=O)[O-]. The van der Waals surface area contributed by atoms with Crippen LogP contribution in [0.3, 0.4) is 0 Å². The molecule has 2 aromatic carbocycles. The predicted molar refractivity (Wildman–Crippen MR) is 156 cm³/mol. The van der Waals surface area contributed by atoms with E-state index < -0.39 is 35.0 Å². The second-order valence-electron chi connectivity index (χ2n) is 10.4. The molecule has 220 valence electrons. The van der Waals surface area contributed by atoms with Crippen molar-refractivity contribution < 1.29 is 28.7 Å². The van der Waals surface area contributed by atoms with Gasteiger partial charge in [0, 0.05) is 34.8 Å². The number of nitro groups is 1. The number of rotatable bonds is 9. The lowest BCUT2D eigenvalue weighted by atomic mass is 9.79. The number of nitrogens with one attached hydrogen (secondary N) is 1. The van der Waals surface area contributed by atoms with Crippen LogP contribution in [-0.4, -0.2) is 46.0 Å². The zero-order chi connectivity index (χ0) is 30.7. The lowest BCUT2D eigenvalue weighted by Gasteiger charge is -2.31. The molecule has 0 amide bonds. The molecule has 0 atom stereocenters. The zero-order valence-electron chi connectivity index (χ0n) is 24.6. The van der Waals surface area contributed by atoms with Gasteiger partial charge in [0.15, 0.2) is 5.75 Å². The number of esters is 2.